The molecule has 2 rings (SSSR count). The predicted octanol–water partition coefficient (Wildman–Crippen LogP) is 2.63. The zero-order valence-electron chi connectivity index (χ0n) is 10.6. The summed E-state index contributed by atoms with van der Waals surface area (Å²) in [7, 11) is 1.62. The summed E-state index contributed by atoms with van der Waals surface area (Å²) in [6.45, 7) is 2.80. The highest BCUT2D eigenvalue weighted by molar-refractivity contribution is 5.42. The average Bonchev–Trinajstić information content (AvgIpc) is 2.84. The maximum Gasteiger partial charge on any atom is 0.161 e. The summed E-state index contributed by atoms with van der Waals surface area (Å²) in [5.41, 5.74) is 7.68. The number of hydrogen-bond donors (Lipinski definition) is 1. The summed E-state index contributed by atoms with van der Waals surface area (Å²) in [6, 6.07) is 7.65. The molecule has 0 bridgehead atoms. The first-order chi connectivity index (χ1) is 8.74. The van der Waals surface area contributed by atoms with Crippen LogP contribution >= 0.6 is 0 Å². The van der Waals surface area contributed by atoms with Crippen molar-refractivity contribution in [2.75, 3.05) is 7.11 Å². The fourth-order valence-corrected chi connectivity index (χ4v) is 1.71. The lowest BCUT2D eigenvalue weighted by atomic mass is 10.2. The molecule has 1 aromatic heterocycles. The van der Waals surface area contributed by atoms with Crippen molar-refractivity contribution in [1.82, 2.24) is 0 Å². The van der Waals surface area contributed by atoms with Gasteiger partial charge in [0, 0.05) is 12.1 Å². The fraction of sp³-hybridized carbons (Fsp3) is 0.286. The van der Waals surface area contributed by atoms with Gasteiger partial charge in [-0.25, -0.2) is 0 Å². The van der Waals surface area contributed by atoms with E-state index in [2.05, 4.69) is 0 Å². The molecule has 0 aliphatic heterocycles. The molecule has 2 aromatic rings. The lowest BCUT2D eigenvalue weighted by Gasteiger charge is -2.10. The van der Waals surface area contributed by atoms with E-state index >= 15 is 0 Å². The van der Waals surface area contributed by atoms with E-state index in [-0.39, 0.29) is 0 Å². The van der Waals surface area contributed by atoms with Crippen molar-refractivity contribution >= 4 is 0 Å². The average molecular weight is 247 g/mol. The van der Waals surface area contributed by atoms with Crippen LogP contribution in [0.5, 0.6) is 11.5 Å². The van der Waals surface area contributed by atoms with E-state index in [0.29, 0.717) is 18.9 Å². The number of nitrogens with two attached hydrogens (primary N) is 1. The zero-order chi connectivity index (χ0) is 13.0. The van der Waals surface area contributed by atoms with Crippen molar-refractivity contribution in [3.63, 3.8) is 0 Å². The SMILES string of the molecule is COc1cc(C)ccc1OCc1occc1CN. The van der Waals surface area contributed by atoms with Gasteiger partial charge in [-0.3, -0.25) is 0 Å². The molecule has 0 saturated carbocycles. The summed E-state index contributed by atoms with van der Waals surface area (Å²) < 4.78 is 16.3. The van der Waals surface area contributed by atoms with Crippen LogP contribution in [0.2, 0.25) is 0 Å². The van der Waals surface area contributed by atoms with Crippen LogP contribution in [0.4, 0.5) is 0 Å². The fourth-order valence-electron chi connectivity index (χ4n) is 1.71. The summed E-state index contributed by atoms with van der Waals surface area (Å²) in [4.78, 5) is 0. The minimum absolute atomic E-state index is 0.346. The number of rotatable bonds is 5. The molecule has 2 N–H and O–H groups in total. The summed E-state index contributed by atoms with van der Waals surface area (Å²) >= 11 is 0. The summed E-state index contributed by atoms with van der Waals surface area (Å²) in [5.74, 6) is 2.17. The standard InChI is InChI=1S/C14H17NO3/c1-10-3-4-12(13(7-10)16-2)18-9-14-11(8-15)5-6-17-14/h3-7H,8-9,15H2,1-2H3. The molecule has 0 atom stereocenters. The quantitative estimate of drug-likeness (QED) is 0.882. The van der Waals surface area contributed by atoms with Crippen molar-refractivity contribution in [2.45, 2.75) is 20.1 Å². The Bertz CT molecular complexity index is 520. The molecule has 0 unspecified atom stereocenters. The van der Waals surface area contributed by atoms with Crippen molar-refractivity contribution < 1.29 is 13.9 Å². The van der Waals surface area contributed by atoms with Crippen LogP contribution in [0.15, 0.2) is 34.9 Å². The number of benzene rings is 1. The number of methoxy groups -OCH3 is 1. The molecule has 1 heterocycles. The van der Waals surface area contributed by atoms with E-state index in [0.717, 1.165) is 22.6 Å². The molecule has 0 saturated heterocycles. The van der Waals surface area contributed by atoms with Crippen molar-refractivity contribution in [1.29, 1.82) is 0 Å². The van der Waals surface area contributed by atoms with Crippen LogP contribution in [0, 0.1) is 6.92 Å². The van der Waals surface area contributed by atoms with Crippen molar-refractivity contribution in [2.24, 2.45) is 5.73 Å². The zero-order valence-corrected chi connectivity index (χ0v) is 10.6. The second-order valence-corrected chi connectivity index (χ2v) is 4.02. The van der Waals surface area contributed by atoms with Crippen LogP contribution in [-0.4, -0.2) is 7.11 Å². The Hall–Kier alpha value is -1.94. The van der Waals surface area contributed by atoms with Gasteiger partial charge in [-0.15, -0.1) is 0 Å². The molecular formula is C14H17NO3. The Kier molecular flexibility index (Phi) is 3.89. The maximum absolute atomic E-state index is 5.70. The third kappa shape index (κ3) is 2.65. The first kappa shape index (κ1) is 12.5. The van der Waals surface area contributed by atoms with E-state index in [4.69, 9.17) is 19.6 Å². The van der Waals surface area contributed by atoms with Gasteiger partial charge in [0.15, 0.2) is 11.5 Å². The van der Waals surface area contributed by atoms with Gasteiger partial charge in [-0.2, -0.15) is 0 Å². The second kappa shape index (κ2) is 5.60. The smallest absolute Gasteiger partial charge is 0.161 e. The highest BCUT2D eigenvalue weighted by Gasteiger charge is 2.08. The molecule has 0 spiro atoms. The van der Waals surface area contributed by atoms with Gasteiger partial charge in [-0.05, 0) is 30.7 Å². The Morgan fingerprint density at radius 3 is 2.78 bits per heavy atom. The molecule has 0 aliphatic carbocycles. The largest absolute Gasteiger partial charge is 0.493 e. The first-order valence-corrected chi connectivity index (χ1v) is 5.77. The molecule has 0 aliphatic rings. The van der Waals surface area contributed by atoms with E-state index in [1.165, 1.54) is 0 Å². The molecule has 96 valence electrons. The number of aryl methyl sites for hydroxylation is 1. The Morgan fingerprint density at radius 1 is 1.22 bits per heavy atom. The normalized spacial score (nSPS) is 10.4. The van der Waals surface area contributed by atoms with E-state index in [9.17, 15) is 0 Å². The molecule has 0 radical (unpaired) electrons. The van der Waals surface area contributed by atoms with Crippen LogP contribution in [-0.2, 0) is 13.2 Å². The van der Waals surface area contributed by atoms with Crippen molar-refractivity contribution in [3.05, 3.63) is 47.4 Å². The van der Waals surface area contributed by atoms with Crippen LogP contribution in [0.3, 0.4) is 0 Å². The van der Waals surface area contributed by atoms with Crippen LogP contribution in [0.25, 0.3) is 0 Å². The topological polar surface area (TPSA) is 57.6 Å². The monoisotopic (exact) mass is 247 g/mol. The predicted molar refractivity (Wildman–Crippen MR) is 68.7 cm³/mol. The van der Waals surface area contributed by atoms with Crippen molar-refractivity contribution in [3.8, 4) is 11.5 Å². The second-order valence-electron chi connectivity index (χ2n) is 4.02. The van der Waals surface area contributed by atoms with Gasteiger partial charge >= 0.3 is 0 Å². The molecule has 4 heteroatoms. The highest BCUT2D eigenvalue weighted by Crippen LogP contribution is 2.28. The van der Waals surface area contributed by atoms with Gasteiger partial charge in [-0.1, -0.05) is 6.07 Å². The third-order valence-electron chi connectivity index (χ3n) is 2.74. The minimum Gasteiger partial charge on any atom is -0.493 e. The van der Waals surface area contributed by atoms with Gasteiger partial charge in [0.05, 0.1) is 13.4 Å². The molecule has 0 amide bonds. The van der Waals surface area contributed by atoms with Crippen LogP contribution < -0.4 is 15.2 Å². The van der Waals surface area contributed by atoms with E-state index in [1.807, 2.05) is 31.2 Å². The Labute approximate surface area is 106 Å². The lowest BCUT2D eigenvalue weighted by molar-refractivity contribution is 0.254. The first-order valence-electron chi connectivity index (χ1n) is 5.77. The molecule has 18 heavy (non-hydrogen) atoms. The van der Waals surface area contributed by atoms with E-state index < -0.39 is 0 Å². The molecule has 0 fully saturated rings. The van der Waals surface area contributed by atoms with Crippen LogP contribution in [0.1, 0.15) is 16.9 Å². The Morgan fingerprint density at radius 2 is 2.06 bits per heavy atom. The molecule has 1 aromatic carbocycles. The van der Waals surface area contributed by atoms with Gasteiger partial charge in [0.1, 0.15) is 12.4 Å². The highest BCUT2D eigenvalue weighted by atomic mass is 16.5. The van der Waals surface area contributed by atoms with Gasteiger partial charge in [0.2, 0.25) is 0 Å². The summed E-state index contributed by atoms with van der Waals surface area (Å²) in [5, 5.41) is 0. The Balaban J connectivity index is 2.10. The van der Waals surface area contributed by atoms with Gasteiger partial charge < -0.3 is 19.6 Å². The number of hydrogen-bond acceptors (Lipinski definition) is 4. The van der Waals surface area contributed by atoms with Gasteiger partial charge in [0.25, 0.3) is 0 Å². The number of ether oxygens (including phenoxy) is 2. The lowest BCUT2D eigenvalue weighted by Crippen LogP contribution is -2.02. The molecule has 4 nitrogen and oxygen atoms in total. The summed E-state index contributed by atoms with van der Waals surface area (Å²) in [6.07, 6.45) is 1.62. The third-order valence-corrected chi connectivity index (χ3v) is 2.74. The number of furan rings is 1. The minimum atomic E-state index is 0.346. The van der Waals surface area contributed by atoms with E-state index in [1.54, 1.807) is 13.4 Å². The maximum atomic E-state index is 5.70. The molecular weight excluding hydrogens is 230 g/mol.